The van der Waals surface area contributed by atoms with E-state index in [0.717, 1.165) is 24.0 Å². The molecule has 0 heterocycles. The first-order valence-electron chi connectivity index (χ1n) is 7.23. The Morgan fingerprint density at radius 2 is 1.89 bits per heavy atom. The van der Waals surface area contributed by atoms with Gasteiger partial charge in [0.2, 0.25) is 0 Å². The third kappa shape index (κ3) is 6.39. The van der Waals surface area contributed by atoms with Gasteiger partial charge in [0, 0.05) is 0 Å². The van der Waals surface area contributed by atoms with Gasteiger partial charge in [-0.15, -0.1) is 0 Å². The van der Waals surface area contributed by atoms with Gasteiger partial charge in [0.05, 0.1) is 12.3 Å². The van der Waals surface area contributed by atoms with Crippen molar-refractivity contribution < 1.29 is 10.3 Å². The van der Waals surface area contributed by atoms with E-state index in [2.05, 4.69) is 12.1 Å². The first-order valence-corrected chi connectivity index (χ1v) is 7.23. The first-order chi connectivity index (χ1) is 9.27. The maximum Gasteiger partial charge on any atom is 0.0790 e. The highest BCUT2D eigenvalue weighted by molar-refractivity contribution is 5.79. The Kier molecular flexibility index (Phi) is 7.91. The van der Waals surface area contributed by atoms with Crippen LogP contribution in [0.2, 0.25) is 0 Å². The van der Waals surface area contributed by atoms with Gasteiger partial charge in [-0.2, -0.15) is 0 Å². The van der Waals surface area contributed by atoms with Crippen molar-refractivity contribution in [2.75, 3.05) is 0 Å². The normalized spacial score (nSPS) is 12.9. The molecule has 1 atom stereocenters. The van der Waals surface area contributed by atoms with Gasteiger partial charge >= 0.3 is 0 Å². The summed E-state index contributed by atoms with van der Waals surface area (Å²) in [6, 6.07) is 7.50. The molecule has 0 aromatic heterocycles. The van der Waals surface area contributed by atoms with Crippen LogP contribution in [0.4, 0.5) is 0 Å². The van der Waals surface area contributed by atoms with Crippen LogP contribution < -0.4 is 0 Å². The number of hydrogen-bond donors (Lipinski definition) is 2. The van der Waals surface area contributed by atoms with Crippen molar-refractivity contribution in [2.24, 2.45) is 5.16 Å². The van der Waals surface area contributed by atoms with Gasteiger partial charge < -0.3 is 10.3 Å². The molecule has 0 radical (unpaired) electrons. The zero-order chi connectivity index (χ0) is 13.9. The largest absolute Gasteiger partial charge is 0.411 e. The van der Waals surface area contributed by atoms with Crippen LogP contribution >= 0.6 is 0 Å². The van der Waals surface area contributed by atoms with E-state index >= 15 is 0 Å². The molecule has 0 aliphatic carbocycles. The van der Waals surface area contributed by atoms with Gasteiger partial charge in [0.25, 0.3) is 0 Å². The maximum absolute atomic E-state index is 10.1. The average molecular weight is 263 g/mol. The standard InChI is InChI=1S/C16H25NO2/c1-2-3-4-5-6-7-11-16(18)15-10-8-9-14(12-15)13-17-19/h8-10,12-13,16,18-19H,2-7,11H2,1H3. The first kappa shape index (κ1) is 15.7. The van der Waals surface area contributed by atoms with Crippen molar-refractivity contribution in [1.82, 2.24) is 0 Å². The maximum atomic E-state index is 10.1. The fourth-order valence-corrected chi connectivity index (χ4v) is 2.20. The molecule has 0 fully saturated rings. The van der Waals surface area contributed by atoms with Crippen LogP contribution in [0.3, 0.4) is 0 Å². The third-order valence-corrected chi connectivity index (χ3v) is 3.33. The lowest BCUT2D eigenvalue weighted by Gasteiger charge is -2.11. The molecular weight excluding hydrogens is 238 g/mol. The van der Waals surface area contributed by atoms with Crippen molar-refractivity contribution in [2.45, 2.75) is 58.0 Å². The molecule has 3 heteroatoms. The molecule has 3 nitrogen and oxygen atoms in total. The van der Waals surface area contributed by atoms with E-state index in [4.69, 9.17) is 5.21 Å². The molecule has 0 spiro atoms. The van der Waals surface area contributed by atoms with Gasteiger partial charge in [0.1, 0.15) is 0 Å². The number of benzene rings is 1. The molecule has 106 valence electrons. The highest BCUT2D eigenvalue weighted by Gasteiger charge is 2.07. The van der Waals surface area contributed by atoms with E-state index in [0.29, 0.717) is 0 Å². The summed E-state index contributed by atoms with van der Waals surface area (Å²) in [5.74, 6) is 0. The number of oxime groups is 1. The van der Waals surface area contributed by atoms with Crippen LogP contribution in [0.15, 0.2) is 29.4 Å². The van der Waals surface area contributed by atoms with Crippen molar-refractivity contribution in [1.29, 1.82) is 0 Å². The Morgan fingerprint density at radius 3 is 2.63 bits per heavy atom. The number of aliphatic hydroxyl groups excluding tert-OH is 1. The van der Waals surface area contributed by atoms with Crippen LogP contribution in [0, 0.1) is 0 Å². The lowest BCUT2D eigenvalue weighted by molar-refractivity contribution is 0.163. The number of hydrogen-bond acceptors (Lipinski definition) is 3. The fraction of sp³-hybridized carbons (Fsp3) is 0.562. The van der Waals surface area contributed by atoms with E-state index in [-0.39, 0.29) is 0 Å². The van der Waals surface area contributed by atoms with E-state index < -0.39 is 6.10 Å². The summed E-state index contributed by atoms with van der Waals surface area (Å²) in [4.78, 5) is 0. The monoisotopic (exact) mass is 263 g/mol. The van der Waals surface area contributed by atoms with Crippen molar-refractivity contribution in [3.8, 4) is 0 Å². The molecule has 0 saturated heterocycles. The third-order valence-electron chi connectivity index (χ3n) is 3.33. The summed E-state index contributed by atoms with van der Waals surface area (Å²) in [7, 11) is 0. The molecule has 0 amide bonds. The van der Waals surface area contributed by atoms with Crippen molar-refractivity contribution in [3.63, 3.8) is 0 Å². The molecule has 2 N–H and O–H groups in total. The highest BCUT2D eigenvalue weighted by Crippen LogP contribution is 2.20. The average Bonchev–Trinajstić information content (AvgIpc) is 2.43. The Bertz CT molecular complexity index is 377. The van der Waals surface area contributed by atoms with Crippen LogP contribution in [0.5, 0.6) is 0 Å². The quantitative estimate of drug-likeness (QED) is 0.302. The second-order valence-electron chi connectivity index (χ2n) is 4.99. The zero-order valence-corrected chi connectivity index (χ0v) is 11.8. The molecule has 1 aromatic carbocycles. The predicted octanol–water partition coefficient (Wildman–Crippen LogP) is 4.28. The lowest BCUT2D eigenvalue weighted by atomic mass is 10.0. The van der Waals surface area contributed by atoms with Gasteiger partial charge in [-0.3, -0.25) is 0 Å². The molecule has 1 aromatic rings. The van der Waals surface area contributed by atoms with Crippen LogP contribution in [0.25, 0.3) is 0 Å². The van der Waals surface area contributed by atoms with Gasteiger partial charge in [0.15, 0.2) is 0 Å². The van der Waals surface area contributed by atoms with Crippen LogP contribution in [0.1, 0.15) is 69.1 Å². The molecule has 1 rings (SSSR count). The Hall–Kier alpha value is -1.35. The van der Waals surface area contributed by atoms with Gasteiger partial charge in [-0.25, -0.2) is 0 Å². The van der Waals surface area contributed by atoms with E-state index in [1.54, 1.807) is 0 Å². The summed E-state index contributed by atoms with van der Waals surface area (Å²) in [6.45, 7) is 2.21. The van der Waals surface area contributed by atoms with Crippen LogP contribution in [-0.2, 0) is 0 Å². The van der Waals surface area contributed by atoms with E-state index in [9.17, 15) is 5.11 Å². The zero-order valence-electron chi connectivity index (χ0n) is 11.8. The topological polar surface area (TPSA) is 52.8 Å². The molecule has 0 saturated carbocycles. The number of nitrogens with zero attached hydrogens (tertiary/aromatic N) is 1. The lowest BCUT2D eigenvalue weighted by Crippen LogP contribution is -1.98. The highest BCUT2D eigenvalue weighted by atomic mass is 16.4. The minimum Gasteiger partial charge on any atom is -0.411 e. The van der Waals surface area contributed by atoms with Crippen molar-refractivity contribution in [3.05, 3.63) is 35.4 Å². The second kappa shape index (κ2) is 9.56. The second-order valence-corrected chi connectivity index (χ2v) is 4.99. The number of unbranched alkanes of at least 4 members (excludes halogenated alkanes) is 5. The van der Waals surface area contributed by atoms with Gasteiger partial charge in [-0.1, -0.05) is 68.8 Å². The summed E-state index contributed by atoms with van der Waals surface area (Å²) < 4.78 is 0. The summed E-state index contributed by atoms with van der Waals surface area (Å²) in [5, 5.41) is 21.6. The summed E-state index contributed by atoms with van der Waals surface area (Å²) >= 11 is 0. The molecule has 0 aliphatic rings. The smallest absolute Gasteiger partial charge is 0.0790 e. The summed E-state index contributed by atoms with van der Waals surface area (Å²) in [5.41, 5.74) is 1.70. The Balaban J connectivity index is 2.32. The molecule has 0 bridgehead atoms. The molecular formula is C16H25NO2. The number of aliphatic hydroxyl groups is 1. The van der Waals surface area contributed by atoms with Crippen molar-refractivity contribution >= 4 is 6.21 Å². The fourth-order valence-electron chi connectivity index (χ4n) is 2.20. The molecule has 0 aliphatic heterocycles. The van der Waals surface area contributed by atoms with E-state index in [1.807, 2.05) is 24.3 Å². The Labute approximate surface area is 116 Å². The predicted molar refractivity (Wildman–Crippen MR) is 78.8 cm³/mol. The molecule has 19 heavy (non-hydrogen) atoms. The Morgan fingerprint density at radius 1 is 1.16 bits per heavy atom. The number of rotatable bonds is 9. The van der Waals surface area contributed by atoms with E-state index in [1.165, 1.54) is 38.3 Å². The van der Waals surface area contributed by atoms with Gasteiger partial charge in [-0.05, 0) is 23.6 Å². The minimum absolute atomic E-state index is 0.418. The minimum atomic E-state index is -0.418. The molecule has 1 unspecified atom stereocenters. The SMILES string of the molecule is CCCCCCCCC(O)c1cccc(C=NO)c1. The van der Waals surface area contributed by atoms with Crippen LogP contribution in [-0.4, -0.2) is 16.5 Å². The summed E-state index contributed by atoms with van der Waals surface area (Å²) in [6.07, 6.45) is 9.14.